The lowest BCUT2D eigenvalue weighted by Crippen LogP contribution is -2.41. The summed E-state index contributed by atoms with van der Waals surface area (Å²) in [5.74, 6) is 0.175. The highest BCUT2D eigenvalue weighted by atomic mass is 19.1. The molecule has 1 aliphatic carbocycles. The van der Waals surface area contributed by atoms with Gasteiger partial charge in [0.1, 0.15) is 17.4 Å². The number of amides is 1. The molecule has 0 spiro atoms. The van der Waals surface area contributed by atoms with Crippen molar-refractivity contribution in [1.29, 1.82) is 0 Å². The molecule has 1 saturated carbocycles. The predicted octanol–water partition coefficient (Wildman–Crippen LogP) is 3.25. The minimum atomic E-state index is -0.587. The number of H-pyrrole nitrogens is 1. The Balaban J connectivity index is 1.33. The lowest BCUT2D eigenvalue weighted by molar-refractivity contribution is 0.0653. The molecule has 1 N–H and O–H groups in total. The summed E-state index contributed by atoms with van der Waals surface area (Å²) in [6, 6.07) is 4.07. The van der Waals surface area contributed by atoms with Crippen molar-refractivity contribution in [1.82, 2.24) is 39.2 Å². The molecule has 1 unspecified atom stereocenters. The number of hydrogen-bond donors (Lipinski definition) is 1. The van der Waals surface area contributed by atoms with E-state index in [2.05, 4.69) is 20.2 Å². The molecule has 35 heavy (non-hydrogen) atoms. The zero-order valence-electron chi connectivity index (χ0n) is 18.8. The van der Waals surface area contributed by atoms with Gasteiger partial charge in [-0.15, -0.1) is 0 Å². The summed E-state index contributed by atoms with van der Waals surface area (Å²) in [7, 11) is 1.82. The van der Waals surface area contributed by atoms with Gasteiger partial charge in [0, 0.05) is 44.0 Å². The van der Waals surface area contributed by atoms with Crippen LogP contribution < -0.4 is 0 Å². The van der Waals surface area contributed by atoms with Crippen LogP contribution in [0.4, 0.5) is 4.39 Å². The molecule has 6 heterocycles. The summed E-state index contributed by atoms with van der Waals surface area (Å²) in [6.45, 7) is 0.433. The van der Waals surface area contributed by atoms with Gasteiger partial charge in [-0.2, -0.15) is 10.2 Å². The summed E-state index contributed by atoms with van der Waals surface area (Å²) in [6.07, 6.45) is 9.33. The molecular formula is C24H21FN8O2. The van der Waals surface area contributed by atoms with Crippen molar-refractivity contribution >= 4 is 11.4 Å². The number of aromatic nitrogens is 7. The molecule has 11 heteroatoms. The maximum Gasteiger partial charge on any atom is 0.292 e. The number of aryl methyl sites for hydroxylation is 1. The Hall–Kier alpha value is -4.28. The highest BCUT2D eigenvalue weighted by molar-refractivity contribution is 5.94. The van der Waals surface area contributed by atoms with Crippen LogP contribution in [0, 0.1) is 5.82 Å². The summed E-state index contributed by atoms with van der Waals surface area (Å²) in [5.41, 5.74) is 3.92. The highest BCUT2D eigenvalue weighted by Crippen LogP contribution is 2.44. The molecule has 1 atom stereocenters. The van der Waals surface area contributed by atoms with E-state index in [-0.39, 0.29) is 23.4 Å². The molecular weight excluding hydrogens is 451 g/mol. The maximum atomic E-state index is 14.4. The van der Waals surface area contributed by atoms with Crippen LogP contribution in [-0.4, -0.2) is 51.7 Å². The lowest BCUT2D eigenvalue weighted by Gasteiger charge is -2.33. The summed E-state index contributed by atoms with van der Waals surface area (Å²) >= 11 is 0. The average Bonchev–Trinajstić information content (AvgIpc) is 3.26. The minimum absolute atomic E-state index is 0.205. The molecule has 7 rings (SSSR count). The molecule has 1 fully saturated rings. The normalized spacial score (nSPS) is 17.8. The number of rotatable bonds is 4. The second-order valence-corrected chi connectivity index (χ2v) is 9.08. The van der Waals surface area contributed by atoms with E-state index >= 15 is 0 Å². The van der Waals surface area contributed by atoms with E-state index in [0.29, 0.717) is 47.0 Å². The first-order valence-electron chi connectivity index (χ1n) is 11.5. The third-order valence-corrected chi connectivity index (χ3v) is 6.70. The van der Waals surface area contributed by atoms with Gasteiger partial charge in [-0.25, -0.2) is 18.9 Å². The van der Waals surface area contributed by atoms with Crippen LogP contribution in [0.25, 0.3) is 17.0 Å². The number of pyridine rings is 1. The van der Waals surface area contributed by atoms with Crippen molar-refractivity contribution in [2.45, 2.75) is 31.2 Å². The predicted molar refractivity (Wildman–Crippen MR) is 121 cm³/mol. The Morgan fingerprint density at radius 3 is 2.94 bits per heavy atom. The lowest BCUT2D eigenvalue weighted by atomic mass is 9.99. The van der Waals surface area contributed by atoms with E-state index in [1.165, 1.54) is 10.6 Å². The van der Waals surface area contributed by atoms with Crippen LogP contribution in [0.2, 0.25) is 0 Å². The number of nitrogens with one attached hydrogen (secondary N) is 1. The Morgan fingerprint density at radius 1 is 1.29 bits per heavy atom. The first-order chi connectivity index (χ1) is 17.1. The Bertz CT molecular complexity index is 1590. The van der Waals surface area contributed by atoms with Gasteiger partial charge in [0.25, 0.3) is 5.91 Å². The Kier molecular flexibility index (Phi) is 4.23. The second kappa shape index (κ2) is 7.36. The largest absolute Gasteiger partial charge is 0.430 e. The molecule has 10 nitrogen and oxygen atoms in total. The van der Waals surface area contributed by atoms with Gasteiger partial charge in [-0.3, -0.25) is 9.48 Å². The molecule has 0 aromatic carbocycles. The number of aromatic amines is 1. The molecule has 0 bridgehead atoms. The number of fused-ring (bicyclic) bond motifs is 2. The maximum absolute atomic E-state index is 14.4. The molecule has 2 aliphatic rings. The van der Waals surface area contributed by atoms with E-state index in [4.69, 9.17) is 9.40 Å². The third-order valence-electron chi connectivity index (χ3n) is 6.70. The quantitative estimate of drug-likeness (QED) is 0.430. The molecule has 5 aromatic heterocycles. The smallest absolute Gasteiger partial charge is 0.292 e. The van der Waals surface area contributed by atoms with Gasteiger partial charge in [-0.05, 0) is 31.0 Å². The fourth-order valence-corrected chi connectivity index (χ4v) is 4.83. The Labute approximate surface area is 198 Å². The van der Waals surface area contributed by atoms with E-state index in [1.807, 2.05) is 13.2 Å². The zero-order valence-corrected chi connectivity index (χ0v) is 18.8. The highest BCUT2D eigenvalue weighted by Gasteiger charge is 2.41. The van der Waals surface area contributed by atoms with Crippen LogP contribution in [-0.2, 0) is 13.5 Å². The van der Waals surface area contributed by atoms with Crippen molar-refractivity contribution in [3.8, 4) is 11.5 Å². The van der Waals surface area contributed by atoms with E-state index in [1.54, 1.807) is 40.4 Å². The summed E-state index contributed by atoms with van der Waals surface area (Å²) < 4.78 is 23.7. The van der Waals surface area contributed by atoms with Gasteiger partial charge in [0.05, 0.1) is 35.2 Å². The second-order valence-electron chi connectivity index (χ2n) is 9.08. The minimum Gasteiger partial charge on any atom is -0.430 e. The van der Waals surface area contributed by atoms with Crippen LogP contribution >= 0.6 is 0 Å². The molecule has 0 radical (unpaired) electrons. The fourth-order valence-electron chi connectivity index (χ4n) is 4.83. The zero-order chi connectivity index (χ0) is 23.7. The number of halogens is 1. The molecule has 0 saturated heterocycles. The number of imidazole rings is 1. The van der Waals surface area contributed by atoms with Crippen molar-refractivity contribution in [2.24, 2.45) is 7.05 Å². The number of nitrogens with zero attached hydrogens (tertiary/aromatic N) is 7. The molecule has 1 aliphatic heterocycles. The number of carbonyl (C=O) groups is 1. The van der Waals surface area contributed by atoms with Crippen LogP contribution in [0.15, 0.2) is 47.5 Å². The van der Waals surface area contributed by atoms with Crippen molar-refractivity contribution in [3.63, 3.8) is 0 Å². The van der Waals surface area contributed by atoms with E-state index < -0.39 is 6.04 Å². The SMILES string of the molecule is Cn1cc(-c2nc(C3CC3)c(C(=O)N3CCc4[nH]cnc4C3c3cc4c(F)cccn4n3)o2)cn1. The number of carbonyl (C=O) groups excluding carboxylic acids is 1. The van der Waals surface area contributed by atoms with Gasteiger partial charge >= 0.3 is 0 Å². The van der Waals surface area contributed by atoms with Crippen LogP contribution in [0.5, 0.6) is 0 Å². The Morgan fingerprint density at radius 2 is 2.17 bits per heavy atom. The van der Waals surface area contributed by atoms with Crippen molar-refractivity contribution < 1.29 is 13.6 Å². The van der Waals surface area contributed by atoms with Gasteiger partial charge < -0.3 is 14.3 Å². The monoisotopic (exact) mass is 472 g/mol. The topological polar surface area (TPSA) is 110 Å². The van der Waals surface area contributed by atoms with E-state index in [0.717, 1.165) is 18.5 Å². The molecule has 5 aromatic rings. The number of hydrogen-bond acceptors (Lipinski definition) is 6. The summed E-state index contributed by atoms with van der Waals surface area (Å²) in [4.78, 5) is 28.1. The first-order valence-corrected chi connectivity index (χ1v) is 11.5. The van der Waals surface area contributed by atoms with Crippen LogP contribution in [0.1, 0.15) is 58.1 Å². The van der Waals surface area contributed by atoms with Gasteiger partial charge in [-0.1, -0.05) is 0 Å². The van der Waals surface area contributed by atoms with Gasteiger partial charge in [0.15, 0.2) is 0 Å². The van der Waals surface area contributed by atoms with Crippen molar-refractivity contribution in [2.75, 3.05) is 6.54 Å². The van der Waals surface area contributed by atoms with Gasteiger partial charge in [0.2, 0.25) is 11.7 Å². The standard InChI is InChI=1S/C24H21FN8O2/c1-31-11-14(10-28-31)23-29-19(13-4-5-13)22(35-23)24(34)32-8-6-16-20(27-12-26-16)21(32)17-9-18-15(25)3-2-7-33(18)30-17/h2-3,7,9-13,21H,4-6,8H2,1H3,(H,26,27). The molecule has 1 amide bonds. The third kappa shape index (κ3) is 3.18. The molecule has 176 valence electrons. The average molecular weight is 472 g/mol. The van der Waals surface area contributed by atoms with E-state index in [9.17, 15) is 9.18 Å². The fraction of sp³-hybridized carbons (Fsp3) is 0.292. The van der Waals surface area contributed by atoms with Crippen molar-refractivity contribution in [3.05, 3.63) is 77.5 Å². The first kappa shape index (κ1) is 20.1. The summed E-state index contributed by atoms with van der Waals surface area (Å²) in [5, 5.41) is 8.79. The van der Waals surface area contributed by atoms with Crippen LogP contribution in [0.3, 0.4) is 0 Å². The number of oxazole rings is 1.